The zero-order chi connectivity index (χ0) is 14.8. The molecule has 0 bridgehead atoms. The molecular formula is C16H21ClN2O3. The molecule has 0 aliphatic carbocycles. The number of hydrogen-bond acceptors (Lipinski definition) is 3. The fourth-order valence-corrected chi connectivity index (χ4v) is 3.28. The van der Waals surface area contributed by atoms with Crippen LogP contribution in [-0.2, 0) is 22.6 Å². The minimum atomic E-state index is -0.815. The summed E-state index contributed by atoms with van der Waals surface area (Å²) in [7, 11) is 0. The summed E-state index contributed by atoms with van der Waals surface area (Å²) in [6, 6.07) is 7.69. The Morgan fingerprint density at radius 3 is 2.64 bits per heavy atom. The first-order valence-corrected chi connectivity index (χ1v) is 7.46. The van der Waals surface area contributed by atoms with Gasteiger partial charge in [-0.25, -0.2) is 0 Å². The molecule has 120 valence electrons. The second kappa shape index (κ2) is 7.11. The van der Waals surface area contributed by atoms with Gasteiger partial charge >= 0.3 is 5.97 Å². The Morgan fingerprint density at radius 1 is 1.18 bits per heavy atom. The molecule has 1 aromatic carbocycles. The quantitative estimate of drug-likeness (QED) is 0.916. The third-order valence-corrected chi connectivity index (χ3v) is 4.47. The molecule has 0 saturated carbocycles. The molecule has 0 unspecified atom stereocenters. The molecule has 6 heteroatoms. The number of carbonyl (C=O) groups excluding carboxylic acids is 1. The van der Waals surface area contributed by atoms with Crippen molar-refractivity contribution in [2.45, 2.75) is 31.8 Å². The fourth-order valence-electron chi connectivity index (χ4n) is 3.28. The van der Waals surface area contributed by atoms with Gasteiger partial charge in [0.15, 0.2) is 0 Å². The second-order valence-corrected chi connectivity index (χ2v) is 5.80. The molecule has 1 amide bonds. The number of carboxylic acid groups (broad SMARTS) is 1. The van der Waals surface area contributed by atoms with Crippen LogP contribution in [0.25, 0.3) is 0 Å². The maximum absolute atomic E-state index is 12.4. The molecule has 0 spiro atoms. The predicted octanol–water partition coefficient (Wildman–Crippen LogP) is 1.54. The van der Waals surface area contributed by atoms with Crippen molar-refractivity contribution in [1.82, 2.24) is 9.80 Å². The van der Waals surface area contributed by atoms with E-state index in [1.54, 1.807) is 4.90 Å². The van der Waals surface area contributed by atoms with Crippen molar-refractivity contribution in [3.8, 4) is 0 Å². The van der Waals surface area contributed by atoms with Gasteiger partial charge in [0.25, 0.3) is 0 Å². The van der Waals surface area contributed by atoms with Gasteiger partial charge in [-0.1, -0.05) is 24.3 Å². The summed E-state index contributed by atoms with van der Waals surface area (Å²) in [6.07, 6.45) is 2.38. The Hall–Kier alpha value is -1.59. The lowest BCUT2D eigenvalue weighted by molar-refractivity contribution is -0.143. The Balaban J connectivity index is 0.00000176. The van der Waals surface area contributed by atoms with Crippen molar-refractivity contribution in [2.24, 2.45) is 0 Å². The van der Waals surface area contributed by atoms with E-state index in [0.717, 1.165) is 19.4 Å². The molecule has 3 rings (SSSR count). The molecule has 1 saturated heterocycles. The number of benzene rings is 1. The molecule has 1 fully saturated rings. The van der Waals surface area contributed by atoms with Crippen LogP contribution in [0.15, 0.2) is 24.3 Å². The maximum atomic E-state index is 12.4. The molecule has 22 heavy (non-hydrogen) atoms. The largest absolute Gasteiger partial charge is 0.480 e. The lowest BCUT2D eigenvalue weighted by Gasteiger charge is -2.31. The smallest absolute Gasteiger partial charge is 0.320 e. The van der Waals surface area contributed by atoms with Crippen molar-refractivity contribution in [3.05, 3.63) is 35.4 Å². The number of likely N-dealkylation sites (tertiary alicyclic amines) is 1. The highest BCUT2D eigenvalue weighted by atomic mass is 35.5. The lowest BCUT2D eigenvalue weighted by Crippen LogP contribution is -2.45. The van der Waals surface area contributed by atoms with Crippen molar-refractivity contribution in [2.75, 3.05) is 19.6 Å². The van der Waals surface area contributed by atoms with E-state index in [1.165, 1.54) is 11.1 Å². The van der Waals surface area contributed by atoms with Crippen molar-refractivity contribution in [3.63, 3.8) is 0 Å². The highest BCUT2D eigenvalue weighted by molar-refractivity contribution is 5.85. The zero-order valence-electron chi connectivity index (χ0n) is 12.4. The third-order valence-electron chi connectivity index (χ3n) is 4.47. The minimum absolute atomic E-state index is 0. The molecule has 2 heterocycles. The van der Waals surface area contributed by atoms with E-state index in [0.29, 0.717) is 19.5 Å². The van der Waals surface area contributed by atoms with Crippen molar-refractivity contribution < 1.29 is 14.7 Å². The number of nitrogens with zero attached hydrogens (tertiary/aromatic N) is 2. The summed E-state index contributed by atoms with van der Waals surface area (Å²) in [5.41, 5.74) is 2.51. The van der Waals surface area contributed by atoms with E-state index >= 15 is 0 Å². The molecule has 5 nitrogen and oxygen atoms in total. The Bertz CT molecular complexity index is 564. The first-order chi connectivity index (χ1) is 10.1. The van der Waals surface area contributed by atoms with E-state index in [1.807, 2.05) is 17.0 Å². The van der Waals surface area contributed by atoms with Crippen LogP contribution >= 0.6 is 12.4 Å². The van der Waals surface area contributed by atoms with Gasteiger partial charge < -0.3 is 10.0 Å². The molecule has 2 aliphatic rings. The van der Waals surface area contributed by atoms with Gasteiger partial charge in [-0.05, 0) is 36.9 Å². The van der Waals surface area contributed by atoms with Gasteiger partial charge in [0.2, 0.25) is 5.91 Å². The summed E-state index contributed by atoms with van der Waals surface area (Å²) in [5.74, 6) is -0.776. The van der Waals surface area contributed by atoms with Gasteiger partial charge in [0.05, 0.1) is 6.54 Å². The number of carboxylic acids is 1. The molecule has 1 atom stereocenters. The monoisotopic (exact) mass is 324 g/mol. The Labute approximate surface area is 136 Å². The van der Waals surface area contributed by atoms with Crippen LogP contribution < -0.4 is 0 Å². The first kappa shape index (κ1) is 16.8. The van der Waals surface area contributed by atoms with Crippen molar-refractivity contribution in [1.29, 1.82) is 0 Å². The average Bonchev–Trinajstić information content (AvgIpc) is 2.95. The number of fused-ring (bicyclic) bond motifs is 1. The topological polar surface area (TPSA) is 60.9 Å². The number of aliphatic carboxylic acids is 1. The second-order valence-electron chi connectivity index (χ2n) is 5.80. The molecular weight excluding hydrogens is 304 g/mol. The molecule has 0 aromatic heterocycles. The molecule has 2 aliphatic heterocycles. The van der Waals surface area contributed by atoms with E-state index in [4.69, 9.17) is 0 Å². The highest BCUT2D eigenvalue weighted by Gasteiger charge is 2.33. The van der Waals surface area contributed by atoms with E-state index in [-0.39, 0.29) is 24.9 Å². The fraction of sp³-hybridized carbons (Fsp3) is 0.500. The van der Waals surface area contributed by atoms with Crippen LogP contribution in [0.4, 0.5) is 0 Å². The number of hydrogen-bond donors (Lipinski definition) is 1. The van der Waals surface area contributed by atoms with Crippen LogP contribution in [0.5, 0.6) is 0 Å². The summed E-state index contributed by atoms with van der Waals surface area (Å²) >= 11 is 0. The number of amides is 1. The Kier molecular flexibility index (Phi) is 5.42. The van der Waals surface area contributed by atoms with Crippen LogP contribution in [0.1, 0.15) is 24.0 Å². The molecule has 1 N–H and O–H groups in total. The average molecular weight is 325 g/mol. The lowest BCUT2D eigenvalue weighted by atomic mass is 10.00. The minimum Gasteiger partial charge on any atom is -0.480 e. The number of halogens is 1. The van der Waals surface area contributed by atoms with Crippen LogP contribution in [0, 0.1) is 0 Å². The Morgan fingerprint density at radius 2 is 1.91 bits per heavy atom. The number of carbonyl (C=O) groups is 2. The van der Waals surface area contributed by atoms with Crippen molar-refractivity contribution >= 4 is 24.3 Å². The van der Waals surface area contributed by atoms with E-state index in [9.17, 15) is 14.7 Å². The van der Waals surface area contributed by atoms with Gasteiger partial charge in [0, 0.05) is 13.1 Å². The predicted molar refractivity (Wildman–Crippen MR) is 85.0 cm³/mol. The normalized spacial score (nSPS) is 21.1. The van der Waals surface area contributed by atoms with E-state index in [2.05, 4.69) is 12.1 Å². The van der Waals surface area contributed by atoms with Crippen LogP contribution in [0.2, 0.25) is 0 Å². The van der Waals surface area contributed by atoms with Gasteiger partial charge in [-0.2, -0.15) is 0 Å². The summed E-state index contributed by atoms with van der Waals surface area (Å²) in [6.45, 7) is 2.29. The summed E-state index contributed by atoms with van der Waals surface area (Å²) in [4.78, 5) is 27.2. The number of rotatable bonds is 3. The van der Waals surface area contributed by atoms with Crippen LogP contribution in [-0.4, -0.2) is 52.5 Å². The first-order valence-electron chi connectivity index (χ1n) is 7.46. The zero-order valence-corrected chi connectivity index (χ0v) is 13.2. The van der Waals surface area contributed by atoms with E-state index < -0.39 is 12.0 Å². The highest BCUT2D eigenvalue weighted by Crippen LogP contribution is 2.21. The third kappa shape index (κ3) is 3.42. The van der Waals surface area contributed by atoms with Gasteiger partial charge in [-0.15, -0.1) is 12.4 Å². The molecule has 1 aromatic rings. The maximum Gasteiger partial charge on any atom is 0.320 e. The molecule has 0 radical (unpaired) electrons. The van der Waals surface area contributed by atoms with Gasteiger partial charge in [-0.3, -0.25) is 14.5 Å². The summed E-state index contributed by atoms with van der Waals surface area (Å²) < 4.78 is 0. The van der Waals surface area contributed by atoms with Gasteiger partial charge in [0.1, 0.15) is 6.04 Å². The summed E-state index contributed by atoms with van der Waals surface area (Å²) in [5, 5.41) is 9.17. The SMILES string of the molecule is Cl.O=C(O)[C@H]1CCCN1CC(=O)N1CCc2ccccc2C1. The van der Waals surface area contributed by atoms with Crippen LogP contribution in [0.3, 0.4) is 0 Å². The standard InChI is InChI=1S/C16H20N2O3.ClH/c19-15(11-17-8-3-6-14(17)16(20)21)18-9-7-12-4-1-2-5-13(12)10-18;/h1-2,4-5,14H,3,6-11H2,(H,20,21);1H/t14-;/m1./s1.